The van der Waals surface area contributed by atoms with Crippen molar-refractivity contribution in [3.63, 3.8) is 0 Å². The van der Waals surface area contributed by atoms with E-state index in [9.17, 15) is 76.0 Å². The molecule has 6 unspecified atom stereocenters. The lowest BCUT2D eigenvalue weighted by Gasteiger charge is -2.46. The number of nitrogens with one attached hydrogen (secondary N) is 2. The van der Waals surface area contributed by atoms with Gasteiger partial charge in [0, 0.05) is 12.8 Å². The van der Waals surface area contributed by atoms with E-state index < -0.39 is 136 Å². The number of hydrogen-bond acceptors (Lipinski definition) is 21. The van der Waals surface area contributed by atoms with Gasteiger partial charge in [0.1, 0.15) is 73.2 Å². The molecule has 19 atom stereocenters. The van der Waals surface area contributed by atoms with Crippen LogP contribution in [0.4, 0.5) is 0 Å². The predicted molar refractivity (Wildman–Crippen MR) is 494 cm³/mol. The van der Waals surface area contributed by atoms with Crippen LogP contribution in [0.25, 0.3) is 0 Å². The molecule has 123 heavy (non-hydrogen) atoms. The molecule has 23 heteroatoms. The lowest BCUT2D eigenvalue weighted by Crippen LogP contribution is -2.65. The van der Waals surface area contributed by atoms with Crippen LogP contribution in [0.1, 0.15) is 451 Å². The smallest absolute Gasteiger partial charge is 0.220 e. The standard InChI is InChI=1S/C50H95NO13.C50H97NO8/c1-3-5-7-9-11-13-15-17-18-19-20-22-24-26-28-30-32-34-42(55)51-38(39(54)33-31-29-27-25-23-21-16-14-12-10-8-6-4-2)37-61-49-47(60)45(58)48(41(36-53)63-49)64-50-46(59)44(57)43(56)40(35-52)62-50;1-3-5-7-9-11-13-15-17-18-19-20-21-22-23-24-25-26-28-30-32-34-36-38-40-46(54)51-43(42-58-50-49(57)48(56)47(55)45(41-52)59-50)44(53)39-37-35-33-31-29-27-16-14-12-10-8-6-4-2/h31,33,38-41,43-50,52-54,56-60H,3-30,32,34-37H2,1-2H3,(H,51,55);37,39,43-45,47-50,52-53,55-57H,3-36,38,40-42H2,1-2H3,(H,51,54)/b33-31+;39-37+/t38-,39+,40?,41?,43-,44-,45+,46?,47?,48+,49+,50-;43-,44+,45+,47+,48?,49?,50+/m00/s1. The van der Waals surface area contributed by atoms with Gasteiger partial charge in [-0.1, -0.05) is 424 Å². The van der Waals surface area contributed by atoms with Crippen LogP contribution in [0.2, 0.25) is 0 Å². The molecule has 3 saturated heterocycles. The van der Waals surface area contributed by atoms with E-state index >= 15 is 0 Å². The number of aliphatic hydroxyl groups is 13. The van der Waals surface area contributed by atoms with E-state index in [4.69, 9.17) is 28.4 Å². The second-order valence-electron chi connectivity index (χ2n) is 36.6. The second-order valence-corrected chi connectivity index (χ2v) is 36.6. The van der Waals surface area contributed by atoms with Crippen LogP contribution in [0.15, 0.2) is 24.3 Å². The lowest BCUT2D eigenvalue weighted by atomic mass is 9.97. The fraction of sp³-hybridized carbons (Fsp3) is 0.940. The normalized spacial score (nSPS) is 24.1. The summed E-state index contributed by atoms with van der Waals surface area (Å²) in [7, 11) is 0. The van der Waals surface area contributed by atoms with E-state index in [1.807, 2.05) is 12.2 Å². The minimum atomic E-state index is -1.78. The summed E-state index contributed by atoms with van der Waals surface area (Å²) in [6.45, 7) is 6.58. The number of amides is 2. The van der Waals surface area contributed by atoms with Crippen molar-refractivity contribution < 1.29 is 104 Å². The summed E-state index contributed by atoms with van der Waals surface area (Å²) >= 11 is 0. The van der Waals surface area contributed by atoms with Gasteiger partial charge in [-0.25, -0.2) is 0 Å². The molecule has 728 valence electrons. The minimum absolute atomic E-state index is 0.172. The third-order valence-electron chi connectivity index (χ3n) is 25.3. The van der Waals surface area contributed by atoms with Crippen molar-refractivity contribution in [1.29, 1.82) is 0 Å². The monoisotopic (exact) mass is 1760 g/mol. The molecule has 23 nitrogen and oxygen atoms in total. The predicted octanol–water partition coefficient (Wildman–Crippen LogP) is 18.1. The van der Waals surface area contributed by atoms with Gasteiger partial charge in [0.15, 0.2) is 18.9 Å². The van der Waals surface area contributed by atoms with Crippen molar-refractivity contribution in [2.75, 3.05) is 33.0 Å². The Labute approximate surface area is 748 Å². The Kier molecular flexibility index (Phi) is 77.5. The Hall–Kier alpha value is -2.34. The van der Waals surface area contributed by atoms with Gasteiger partial charge in [0.05, 0.1) is 57.3 Å². The zero-order chi connectivity index (χ0) is 89.8. The van der Waals surface area contributed by atoms with Gasteiger partial charge in [-0.3, -0.25) is 9.59 Å². The first-order chi connectivity index (χ1) is 59.9. The van der Waals surface area contributed by atoms with Crippen molar-refractivity contribution in [1.82, 2.24) is 10.6 Å². The summed E-state index contributed by atoms with van der Waals surface area (Å²) < 4.78 is 33.9. The average Bonchev–Trinajstić information content (AvgIpc) is 0.805. The average molecular weight is 1760 g/mol. The van der Waals surface area contributed by atoms with E-state index in [-0.39, 0.29) is 31.4 Å². The molecule has 0 bridgehead atoms. The Balaban J connectivity index is 0.000000836. The van der Waals surface area contributed by atoms with Crippen LogP contribution in [-0.2, 0) is 38.0 Å². The van der Waals surface area contributed by atoms with Crippen LogP contribution in [0, 0.1) is 0 Å². The van der Waals surface area contributed by atoms with Crippen molar-refractivity contribution in [2.45, 2.75) is 568 Å². The van der Waals surface area contributed by atoms with Gasteiger partial charge in [-0.2, -0.15) is 0 Å². The highest BCUT2D eigenvalue weighted by atomic mass is 16.7. The fourth-order valence-corrected chi connectivity index (χ4v) is 17.0. The molecule has 0 aromatic rings. The van der Waals surface area contributed by atoms with E-state index in [0.29, 0.717) is 12.8 Å². The summed E-state index contributed by atoms with van der Waals surface area (Å²) in [5.41, 5.74) is 0. The molecule has 0 spiro atoms. The summed E-state index contributed by atoms with van der Waals surface area (Å²) in [5.74, 6) is -0.410. The molecular formula is C100H192N2O21. The van der Waals surface area contributed by atoms with E-state index in [2.05, 4.69) is 38.3 Å². The van der Waals surface area contributed by atoms with Crippen molar-refractivity contribution in [3.8, 4) is 0 Å². The maximum absolute atomic E-state index is 13.2. The molecule has 0 aromatic carbocycles. The Morgan fingerprint density at radius 2 is 0.504 bits per heavy atom. The second kappa shape index (κ2) is 81.6. The molecule has 15 N–H and O–H groups in total. The Morgan fingerprint density at radius 3 is 0.764 bits per heavy atom. The first-order valence-electron chi connectivity index (χ1n) is 51.3. The molecule has 3 rings (SSSR count). The van der Waals surface area contributed by atoms with E-state index in [1.165, 1.54) is 327 Å². The fourth-order valence-electron chi connectivity index (χ4n) is 17.0. The molecular weight excluding hydrogens is 1570 g/mol. The van der Waals surface area contributed by atoms with Crippen LogP contribution in [0.5, 0.6) is 0 Å². The minimum Gasteiger partial charge on any atom is -0.394 e. The Morgan fingerprint density at radius 1 is 0.285 bits per heavy atom. The first kappa shape index (κ1) is 117. The van der Waals surface area contributed by atoms with Crippen LogP contribution in [-0.4, -0.2) is 228 Å². The SMILES string of the molecule is CCCCCCCCCCCCC/C=C/[C@@H](O)[C@H](CO[C@@H]1OC(CO)[C@@H](O[C@@H]2OC(CO)[C@H](O)[C@H](O)C2O)[C@H](O)C1O)NC(=O)CCCCCCCCCCCCCCCCCCC.CCCCCCCCCCCCC/C=C/[C@@H](O)[C@H](CO[C@@H]1O[C@H](CO)[C@@H](O)C(O)C1O)NC(=O)CCCCCCCCCCCCCCCCCCCCCCCCC. The molecule has 3 aliphatic heterocycles. The van der Waals surface area contributed by atoms with Crippen LogP contribution < -0.4 is 10.6 Å². The lowest BCUT2D eigenvalue weighted by molar-refractivity contribution is -0.359. The summed E-state index contributed by atoms with van der Waals surface area (Å²) in [5, 5.41) is 141. The van der Waals surface area contributed by atoms with Crippen molar-refractivity contribution in [2.24, 2.45) is 0 Å². The molecule has 0 aromatic heterocycles. The number of carbonyl (C=O) groups is 2. The largest absolute Gasteiger partial charge is 0.394 e. The third-order valence-corrected chi connectivity index (χ3v) is 25.3. The number of ether oxygens (including phenoxy) is 6. The maximum Gasteiger partial charge on any atom is 0.220 e. The molecule has 3 aliphatic rings. The van der Waals surface area contributed by atoms with Gasteiger partial charge >= 0.3 is 0 Å². The van der Waals surface area contributed by atoms with Gasteiger partial charge in [0.2, 0.25) is 11.8 Å². The number of rotatable bonds is 83. The van der Waals surface area contributed by atoms with E-state index in [0.717, 1.165) is 77.0 Å². The quantitative estimate of drug-likeness (QED) is 0.0199. The number of unbranched alkanes of at least 4 members (excludes halogenated alkanes) is 60. The molecule has 0 radical (unpaired) electrons. The van der Waals surface area contributed by atoms with Crippen molar-refractivity contribution in [3.05, 3.63) is 24.3 Å². The molecule has 3 heterocycles. The highest BCUT2D eigenvalue weighted by Gasteiger charge is 2.51. The molecule has 0 saturated carbocycles. The number of carbonyl (C=O) groups excluding carboxylic acids is 2. The van der Waals surface area contributed by atoms with Crippen LogP contribution in [0.3, 0.4) is 0 Å². The van der Waals surface area contributed by atoms with E-state index in [1.54, 1.807) is 12.2 Å². The highest BCUT2D eigenvalue weighted by molar-refractivity contribution is 5.76. The number of aliphatic hydroxyl groups excluding tert-OH is 13. The topological polar surface area (TPSA) is 377 Å². The summed E-state index contributed by atoms with van der Waals surface area (Å²) in [6.07, 6.45) is 63.7. The van der Waals surface area contributed by atoms with Gasteiger partial charge in [-0.05, 0) is 38.5 Å². The highest BCUT2D eigenvalue weighted by Crippen LogP contribution is 2.31. The van der Waals surface area contributed by atoms with Gasteiger partial charge < -0.3 is 105 Å². The zero-order valence-electron chi connectivity index (χ0n) is 78.6. The summed E-state index contributed by atoms with van der Waals surface area (Å²) in [6, 6.07) is -1.71. The maximum atomic E-state index is 13.2. The van der Waals surface area contributed by atoms with Gasteiger partial charge in [0.25, 0.3) is 0 Å². The first-order valence-corrected chi connectivity index (χ1v) is 51.3. The molecule has 2 amide bonds. The number of allylic oxidation sites excluding steroid dienone is 2. The van der Waals surface area contributed by atoms with Crippen molar-refractivity contribution >= 4 is 11.8 Å². The molecule has 0 aliphatic carbocycles. The third kappa shape index (κ3) is 58.9. The van der Waals surface area contributed by atoms with Crippen LogP contribution >= 0.6 is 0 Å². The number of hydrogen-bond donors (Lipinski definition) is 15. The van der Waals surface area contributed by atoms with Gasteiger partial charge in [-0.15, -0.1) is 0 Å². The zero-order valence-corrected chi connectivity index (χ0v) is 78.6. The summed E-state index contributed by atoms with van der Waals surface area (Å²) in [4.78, 5) is 26.2. The molecule has 3 fully saturated rings. The Bertz CT molecular complexity index is 2380.